The van der Waals surface area contributed by atoms with Crippen molar-refractivity contribution in [2.75, 3.05) is 13.7 Å². The monoisotopic (exact) mass is 272 g/mol. The van der Waals surface area contributed by atoms with Gasteiger partial charge in [0.25, 0.3) is 0 Å². The maximum absolute atomic E-state index is 10.9. The van der Waals surface area contributed by atoms with Crippen LogP contribution < -0.4 is 9.47 Å². The predicted molar refractivity (Wildman–Crippen MR) is 69.9 cm³/mol. The number of benzene rings is 1. The Bertz CT molecular complexity index is 429. The highest BCUT2D eigenvalue weighted by atomic mass is 35.5. The molecule has 0 amide bonds. The maximum Gasteiger partial charge on any atom is 0.335 e. The molecule has 0 aliphatic carbocycles. The summed E-state index contributed by atoms with van der Waals surface area (Å²) in [6.45, 7) is 4.70. The molecule has 0 atom stereocenters. The second-order valence-electron chi connectivity index (χ2n) is 4.33. The Morgan fingerprint density at radius 2 is 2.11 bits per heavy atom. The maximum atomic E-state index is 10.9. The molecular weight excluding hydrogens is 256 g/mol. The van der Waals surface area contributed by atoms with E-state index in [2.05, 4.69) is 13.8 Å². The molecule has 0 saturated heterocycles. The van der Waals surface area contributed by atoms with Gasteiger partial charge in [-0.1, -0.05) is 25.4 Å². The van der Waals surface area contributed by atoms with E-state index in [1.54, 1.807) is 0 Å². The summed E-state index contributed by atoms with van der Waals surface area (Å²) in [5, 5.41) is 9.16. The molecule has 0 bridgehead atoms. The van der Waals surface area contributed by atoms with Gasteiger partial charge in [-0.3, -0.25) is 0 Å². The molecule has 1 rings (SSSR count). The van der Waals surface area contributed by atoms with Gasteiger partial charge >= 0.3 is 5.97 Å². The second kappa shape index (κ2) is 6.50. The summed E-state index contributed by atoms with van der Waals surface area (Å²) >= 11 is 6.00. The lowest BCUT2D eigenvalue weighted by Gasteiger charge is -2.14. The summed E-state index contributed by atoms with van der Waals surface area (Å²) in [4.78, 5) is 10.9. The summed E-state index contributed by atoms with van der Waals surface area (Å²) in [5.74, 6) is 0.200. The van der Waals surface area contributed by atoms with E-state index in [9.17, 15) is 4.79 Å². The van der Waals surface area contributed by atoms with Crippen LogP contribution in [0, 0.1) is 5.92 Å². The Morgan fingerprint density at radius 1 is 1.44 bits per heavy atom. The highest BCUT2D eigenvalue weighted by molar-refractivity contribution is 6.32. The van der Waals surface area contributed by atoms with E-state index in [-0.39, 0.29) is 10.6 Å². The summed E-state index contributed by atoms with van der Waals surface area (Å²) in [6.07, 6.45) is 0.889. The van der Waals surface area contributed by atoms with Crippen molar-refractivity contribution in [2.45, 2.75) is 20.3 Å². The van der Waals surface area contributed by atoms with Crippen LogP contribution in [0.2, 0.25) is 5.02 Å². The topological polar surface area (TPSA) is 55.8 Å². The number of aromatic carboxylic acids is 1. The Kier molecular flexibility index (Phi) is 5.28. The zero-order valence-electron chi connectivity index (χ0n) is 10.7. The van der Waals surface area contributed by atoms with E-state index >= 15 is 0 Å². The first-order valence-electron chi connectivity index (χ1n) is 5.69. The van der Waals surface area contributed by atoms with Crippen LogP contribution in [0.3, 0.4) is 0 Å². The average molecular weight is 273 g/mol. The van der Waals surface area contributed by atoms with Crippen LogP contribution in [-0.2, 0) is 0 Å². The number of rotatable bonds is 6. The Balaban J connectivity index is 2.93. The van der Waals surface area contributed by atoms with Crippen LogP contribution in [0.4, 0.5) is 0 Å². The zero-order chi connectivity index (χ0) is 13.7. The van der Waals surface area contributed by atoms with Gasteiger partial charge in [-0.05, 0) is 24.5 Å². The quantitative estimate of drug-likeness (QED) is 0.861. The minimum absolute atomic E-state index is 0.0769. The van der Waals surface area contributed by atoms with E-state index in [1.165, 1.54) is 19.2 Å². The molecule has 4 nitrogen and oxygen atoms in total. The zero-order valence-corrected chi connectivity index (χ0v) is 11.5. The Hall–Kier alpha value is -1.42. The van der Waals surface area contributed by atoms with Gasteiger partial charge in [0.15, 0.2) is 11.5 Å². The molecule has 0 heterocycles. The van der Waals surface area contributed by atoms with Crippen molar-refractivity contribution in [1.29, 1.82) is 0 Å². The molecule has 0 unspecified atom stereocenters. The number of carboxylic acid groups (broad SMARTS) is 1. The largest absolute Gasteiger partial charge is 0.493 e. The molecule has 1 aromatic rings. The van der Waals surface area contributed by atoms with E-state index in [0.29, 0.717) is 24.0 Å². The van der Waals surface area contributed by atoms with Crippen LogP contribution in [0.15, 0.2) is 12.1 Å². The van der Waals surface area contributed by atoms with Gasteiger partial charge < -0.3 is 14.6 Å². The highest BCUT2D eigenvalue weighted by Gasteiger charge is 2.15. The van der Waals surface area contributed by atoms with E-state index in [1.807, 2.05) is 0 Å². The van der Waals surface area contributed by atoms with Crippen molar-refractivity contribution in [3.05, 3.63) is 22.7 Å². The molecule has 5 heteroatoms. The highest BCUT2D eigenvalue weighted by Crippen LogP contribution is 2.36. The number of halogens is 1. The average Bonchev–Trinajstić information content (AvgIpc) is 2.29. The third-order valence-corrected chi connectivity index (χ3v) is 2.70. The first-order chi connectivity index (χ1) is 8.45. The second-order valence-corrected chi connectivity index (χ2v) is 4.73. The predicted octanol–water partition coefficient (Wildman–Crippen LogP) is 3.47. The minimum atomic E-state index is -1.05. The molecule has 0 radical (unpaired) electrons. The summed E-state index contributed by atoms with van der Waals surface area (Å²) in [5.41, 5.74) is 0.0769. The number of hydrogen-bond donors (Lipinski definition) is 1. The number of carboxylic acids is 1. The lowest BCUT2D eigenvalue weighted by molar-refractivity contribution is 0.0696. The molecule has 100 valence electrons. The van der Waals surface area contributed by atoms with Crippen LogP contribution in [0.5, 0.6) is 11.5 Å². The van der Waals surface area contributed by atoms with E-state index in [0.717, 1.165) is 6.42 Å². The van der Waals surface area contributed by atoms with Gasteiger partial charge in [0.1, 0.15) is 0 Å². The minimum Gasteiger partial charge on any atom is -0.493 e. The fraction of sp³-hybridized carbons (Fsp3) is 0.462. The molecule has 0 spiro atoms. The summed E-state index contributed by atoms with van der Waals surface area (Å²) in [7, 11) is 1.45. The Morgan fingerprint density at radius 3 is 2.61 bits per heavy atom. The van der Waals surface area contributed by atoms with E-state index in [4.69, 9.17) is 26.2 Å². The van der Waals surface area contributed by atoms with Crippen LogP contribution >= 0.6 is 11.6 Å². The molecule has 0 saturated carbocycles. The first kappa shape index (κ1) is 14.6. The van der Waals surface area contributed by atoms with Crippen LogP contribution in [-0.4, -0.2) is 24.8 Å². The smallest absolute Gasteiger partial charge is 0.335 e. The van der Waals surface area contributed by atoms with Crippen molar-refractivity contribution in [3.63, 3.8) is 0 Å². The van der Waals surface area contributed by atoms with Gasteiger partial charge in [-0.15, -0.1) is 0 Å². The molecule has 0 aliphatic rings. The van der Waals surface area contributed by atoms with Gasteiger partial charge in [0.2, 0.25) is 0 Å². The third-order valence-electron chi connectivity index (χ3n) is 2.42. The standard InChI is InChI=1S/C13H17ClO4/c1-8(2)4-5-18-12-10(14)6-9(13(15)16)7-11(12)17-3/h6-8H,4-5H2,1-3H3,(H,15,16). The lowest BCUT2D eigenvalue weighted by Crippen LogP contribution is -2.05. The van der Waals surface area contributed by atoms with Gasteiger partial charge in [0.05, 0.1) is 24.3 Å². The number of ether oxygens (including phenoxy) is 2. The normalized spacial score (nSPS) is 10.5. The summed E-state index contributed by atoms with van der Waals surface area (Å²) in [6, 6.07) is 2.76. The van der Waals surface area contributed by atoms with Gasteiger partial charge in [-0.25, -0.2) is 4.79 Å². The lowest BCUT2D eigenvalue weighted by atomic mass is 10.1. The Labute approximate surface area is 111 Å². The number of carbonyl (C=O) groups is 1. The fourth-order valence-corrected chi connectivity index (χ4v) is 1.65. The van der Waals surface area contributed by atoms with Crippen molar-refractivity contribution in [3.8, 4) is 11.5 Å². The fourth-order valence-electron chi connectivity index (χ4n) is 1.38. The molecule has 0 aromatic heterocycles. The van der Waals surface area contributed by atoms with Crippen molar-refractivity contribution in [2.24, 2.45) is 5.92 Å². The number of methoxy groups -OCH3 is 1. The molecular formula is C13H17ClO4. The third kappa shape index (κ3) is 3.81. The molecule has 18 heavy (non-hydrogen) atoms. The van der Waals surface area contributed by atoms with E-state index < -0.39 is 5.97 Å². The molecule has 0 aliphatic heterocycles. The van der Waals surface area contributed by atoms with Crippen molar-refractivity contribution in [1.82, 2.24) is 0 Å². The van der Waals surface area contributed by atoms with Crippen molar-refractivity contribution < 1.29 is 19.4 Å². The molecule has 1 N–H and O–H groups in total. The van der Waals surface area contributed by atoms with Crippen LogP contribution in [0.1, 0.15) is 30.6 Å². The van der Waals surface area contributed by atoms with Gasteiger partial charge in [-0.2, -0.15) is 0 Å². The van der Waals surface area contributed by atoms with Crippen LogP contribution in [0.25, 0.3) is 0 Å². The number of hydrogen-bond acceptors (Lipinski definition) is 3. The van der Waals surface area contributed by atoms with Crippen molar-refractivity contribution >= 4 is 17.6 Å². The summed E-state index contributed by atoms with van der Waals surface area (Å²) < 4.78 is 10.7. The molecule has 0 fully saturated rings. The molecule has 1 aromatic carbocycles. The van der Waals surface area contributed by atoms with Gasteiger partial charge in [0, 0.05) is 0 Å². The SMILES string of the molecule is COc1cc(C(=O)O)cc(Cl)c1OCCC(C)C. The first-order valence-corrected chi connectivity index (χ1v) is 6.07.